The van der Waals surface area contributed by atoms with E-state index in [0.717, 1.165) is 23.5 Å². The Bertz CT molecular complexity index is 1070. The number of aromatic nitrogens is 4. The van der Waals surface area contributed by atoms with E-state index < -0.39 is 11.7 Å². The molecule has 0 fully saturated rings. The third-order valence-corrected chi connectivity index (χ3v) is 4.00. The highest BCUT2D eigenvalue weighted by atomic mass is 19.4. The van der Waals surface area contributed by atoms with Crippen LogP contribution >= 0.6 is 0 Å². The summed E-state index contributed by atoms with van der Waals surface area (Å²) in [6.07, 6.45) is -0.935. The first kappa shape index (κ1) is 17.8. The molecule has 0 saturated heterocycles. The number of benzene rings is 2. The van der Waals surface area contributed by atoms with Crippen LogP contribution in [0.1, 0.15) is 11.5 Å². The van der Waals surface area contributed by atoms with Gasteiger partial charge < -0.3 is 9.84 Å². The summed E-state index contributed by atoms with van der Waals surface area (Å²) < 4.78 is 45.5. The van der Waals surface area contributed by atoms with E-state index in [1.807, 2.05) is 36.5 Å². The lowest BCUT2D eigenvalue weighted by Gasteiger charge is -2.10. The Balaban J connectivity index is 1.51. The molecule has 0 aliphatic carbocycles. The molecule has 2 aromatic carbocycles. The maximum absolute atomic E-state index is 12.9. The van der Waals surface area contributed by atoms with Crippen LogP contribution in [-0.4, -0.2) is 19.9 Å². The molecule has 4 rings (SSSR count). The van der Waals surface area contributed by atoms with Gasteiger partial charge in [-0.15, -0.1) is 0 Å². The SMILES string of the molecule is FC(F)(F)c1cccc(-c2noc(CNc3ccccc3-n3cccn3)n2)c1. The van der Waals surface area contributed by atoms with Gasteiger partial charge in [-0.3, -0.25) is 0 Å². The lowest BCUT2D eigenvalue weighted by Crippen LogP contribution is -2.05. The number of nitrogens with zero attached hydrogens (tertiary/aromatic N) is 4. The average Bonchev–Trinajstić information content (AvgIpc) is 3.38. The van der Waals surface area contributed by atoms with E-state index in [0.29, 0.717) is 0 Å². The van der Waals surface area contributed by atoms with Crippen LogP contribution < -0.4 is 5.32 Å². The van der Waals surface area contributed by atoms with Crippen LogP contribution in [0.5, 0.6) is 0 Å². The zero-order chi connectivity index (χ0) is 19.6. The van der Waals surface area contributed by atoms with Crippen molar-refractivity contribution in [1.29, 1.82) is 0 Å². The summed E-state index contributed by atoms with van der Waals surface area (Å²) in [5.74, 6) is 0.353. The zero-order valence-electron chi connectivity index (χ0n) is 14.4. The second-order valence-corrected chi connectivity index (χ2v) is 5.91. The largest absolute Gasteiger partial charge is 0.416 e. The summed E-state index contributed by atoms with van der Waals surface area (Å²) >= 11 is 0. The third kappa shape index (κ3) is 3.73. The van der Waals surface area contributed by atoms with E-state index in [4.69, 9.17) is 4.52 Å². The molecule has 0 atom stereocenters. The van der Waals surface area contributed by atoms with Gasteiger partial charge in [-0.2, -0.15) is 23.3 Å². The van der Waals surface area contributed by atoms with Crippen molar-refractivity contribution in [2.45, 2.75) is 12.7 Å². The minimum absolute atomic E-state index is 0.100. The zero-order valence-corrected chi connectivity index (χ0v) is 14.4. The highest BCUT2D eigenvalue weighted by Gasteiger charge is 2.30. The second-order valence-electron chi connectivity index (χ2n) is 5.91. The molecular formula is C19H14F3N5O. The van der Waals surface area contributed by atoms with Crippen LogP contribution in [0, 0.1) is 0 Å². The van der Waals surface area contributed by atoms with Crippen LogP contribution in [0.4, 0.5) is 18.9 Å². The number of hydrogen-bond donors (Lipinski definition) is 1. The Morgan fingerprint density at radius 1 is 1.04 bits per heavy atom. The number of rotatable bonds is 5. The number of anilines is 1. The van der Waals surface area contributed by atoms with Crippen LogP contribution in [0.15, 0.2) is 71.5 Å². The van der Waals surface area contributed by atoms with Gasteiger partial charge in [-0.1, -0.05) is 29.4 Å². The van der Waals surface area contributed by atoms with E-state index in [1.165, 1.54) is 12.1 Å². The van der Waals surface area contributed by atoms with Gasteiger partial charge in [0.25, 0.3) is 0 Å². The van der Waals surface area contributed by atoms with Gasteiger partial charge in [0.15, 0.2) is 0 Å². The quantitative estimate of drug-likeness (QED) is 0.546. The van der Waals surface area contributed by atoms with Crippen molar-refractivity contribution in [3.05, 3.63) is 78.4 Å². The molecule has 9 heteroatoms. The van der Waals surface area contributed by atoms with Gasteiger partial charge in [0.2, 0.25) is 11.7 Å². The highest BCUT2D eigenvalue weighted by Crippen LogP contribution is 2.31. The Morgan fingerprint density at radius 2 is 1.89 bits per heavy atom. The average molecular weight is 385 g/mol. The smallest absolute Gasteiger partial charge is 0.374 e. The molecule has 0 aliphatic rings. The molecule has 0 spiro atoms. The maximum Gasteiger partial charge on any atom is 0.416 e. The van der Waals surface area contributed by atoms with Crippen molar-refractivity contribution in [1.82, 2.24) is 19.9 Å². The number of para-hydroxylation sites is 2. The Hall–Kier alpha value is -3.62. The first-order chi connectivity index (χ1) is 13.5. The van der Waals surface area contributed by atoms with E-state index in [1.54, 1.807) is 10.9 Å². The number of hydrogen-bond acceptors (Lipinski definition) is 5. The minimum Gasteiger partial charge on any atom is -0.374 e. The van der Waals surface area contributed by atoms with Crippen molar-refractivity contribution < 1.29 is 17.7 Å². The number of halogens is 3. The first-order valence-corrected chi connectivity index (χ1v) is 8.34. The van der Waals surface area contributed by atoms with E-state index in [9.17, 15) is 13.2 Å². The first-order valence-electron chi connectivity index (χ1n) is 8.34. The lowest BCUT2D eigenvalue weighted by atomic mass is 10.1. The van der Waals surface area contributed by atoms with Crippen molar-refractivity contribution in [3.63, 3.8) is 0 Å². The predicted octanol–water partition coefficient (Wildman–Crippen LogP) is 4.55. The summed E-state index contributed by atoms with van der Waals surface area (Å²) in [5, 5.41) is 11.2. The molecule has 0 aliphatic heterocycles. The fraction of sp³-hybridized carbons (Fsp3) is 0.105. The minimum atomic E-state index is -4.43. The molecule has 6 nitrogen and oxygen atoms in total. The van der Waals surface area contributed by atoms with Crippen LogP contribution in [0.2, 0.25) is 0 Å². The molecule has 28 heavy (non-hydrogen) atoms. The molecule has 142 valence electrons. The summed E-state index contributed by atoms with van der Waals surface area (Å²) in [7, 11) is 0. The molecule has 0 bridgehead atoms. The van der Waals surface area contributed by atoms with Crippen LogP contribution in [0.25, 0.3) is 17.1 Å². The third-order valence-electron chi connectivity index (χ3n) is 4.00. The summed E-state index contributed by atoms with van der Waals surface area (Å²) in [5.41, 5.74) is 1.11. The fourth-order valence-corrected chi connectivity index (χ4v) is 2.68. The van der Waals surface area contributed by atoms with Crippen molar-refractivity contribution in [2.24, 2.45) is 0 Å². The van der Waals surface area contributed by atoms with Crippen LogP contribution in [0.3, 0.4) is 0 Å². The second kappa shape index (κ2) is 7.18. The lowest BCUT2D eigenvalue weighted by molar-refractivity contribution is -0.137. The molecule has 2 heterocycles. The number of nitrogens with one attached hydrogen (secondary N) is 1. The predicted molar refractivity (Wildman–Crippen MR) is 95.6 cm³/mol. The topological polar surface area (TPSA) is 68.8 Å². The summed E-state index contributed by atoms with van der Waals surface area (Å²) in [4.78, 5) is 4.18. The Labute approximate surface area is 157 Å². The van der Waals surface area contributed by atoms with E-state index >= 15 is 0 Å². The highest BCUT2D eigenvalue weighted by molar-refractivity contribution is 5.60. The van der Waals surface area contributed by atoms with Gasteiger partial charge in [0, 0.05) is 18.0 Å². The van der Waals surface area contributed by atoms with Gasteiger partial charge in [0.05, 0.1) is 23.5 Å². The fourth-order valence-electron chi connectivity index (χ4n) is 2.68. The van der Waals surface area contributed by atoms with Crippen molar-refractivity contribution >= 4 is 5.69 Å². The molecule has 0 unspecified atom stereocenters. The number of alkyl halides is 3. The summed E-state index contributed by atoms with van der Waals surface area (Å²) in [6.45, 7) is 0.213. The maximum atomic E-state index is 12.9. The summed E-state index contributed by atoms with van der Waals surface area (Å²) in [6, 6.07) is 14.2. The van der Waals surface area contributed by atoms with E-state index in [2.05, 4.69) is 20.6 Å². The Kier molecular flexibility index (Phi) is 4.56. The molecule has 0 saturated carbocycles. The van der Waals surface area contributed by atoms with Gasteiger partial charge in [-0.25, -0.2) is 4.68 Å². The monoisotopic (exact) mass is 385 g/mol. The molecule has 0 amide bonds. The van der Waals surface area contributed by atoms with Crippen LogP contribution in [-0.2, 0) is 12.7 Å². The standard InChI is InChI=1S/C19H14F3N5O/c20-19(21,22)14-6-3-5-13(11-14)18-25-17(28-26-18)12-23-15-7-1-2-8-16(15)27-10-4-9-24-27/h1-11,23H,12H2. The van der Waals surface area contributed by atoms with Gasteiger partial charge in [-0.05, 0) is 30.3 Å². The molecule has 0 radical (unpaired) electrons. The van der Waals surface area contributed by atoms with Crippen molar-refractivity contribution in [2.75, 3.05) is 5.32 Å². The molecular weight excluding hydrogens is 371 g/mol. The van der Waals surface area contributed by atoms with Crippen molar-refractivity contribution in [3.8, 4) is 17.1 Å². The molecule has 4 aromatic rings. The normalized spacial score (nSPS) is 11.5. The Morgan fingerprint density at radius 3 is 2.68 bits per heavy atom. The van der Waals surface area contributed by atoms with Gasteiger partial charge in [0.1, 0.15) is 0 Å². The molecule has 2 aromatic heterocycles. The molecule has 1 N–H and O–H groups in total. The van der Waals surface area contributed by atoms with E-state index in [-0.39, 0.29) is 23.8 Å². The van der Waals surface area contributed by atoms with Gasteiger partial charge >= 0.3 is 6.18 Å².